The summed E-state index contributed by atoms with van der Waals surface area (Å²) in [6.07, 6.45) is -3.88. The van der Waals surface area contributed by atoms with E-state index in [1.165, 1.54) is 30.4 Å². The van der Waals surface area contributed by atoms with Gasteiger partial charge in [0.1, 0.15) is 5.69 Å². The highest BCUT2D eigenvalue weighted by atomic mass is 32.2. The first-order chi connectivity index (χ1) is 18.6. The number of carbonyl (C=O) groups excluding carboxylic acids is 2. The Bertz CT molecular complexity index is 1370. The molecule has 1 aliphatic heterocycles. The second kappa shape index (κ2) is 11.8. The maximum Gasteiger partial charge on any atom is 0.573 e. The van der Waals surface area contributed by atoms with Gasteiger partial charge in [-0.25, -0.2) is 0 Å². The van der Waals surface area contributed by atoms with Crippen LogP contribution in [-0.2, 0) is 0 Å². The van der Waals surface area contributed by atoms with Gasteiger partial charge >= 0.3 is 11.6 Å². The Morgan fingerprint density at radius 1 is 1.13 bits per heavy atom. The first-order valence-corrected chi connectivity index (χ1v) is 12.8. The van der Waals surface area contributed by atoms with Crippen LogP contribution in [0, 0.1) is 6.92 Å². The molecule has 0 saturated carbocycles. The summed E-state index contributed by atoms with van der Waals surface area (Å²) in [5.74, 6) is -1.16. The number of benzene rings is 2. The Morgan fingerprint density at radius 3 is 2.49 bits per heavy atom. The van der Waals surface area contributed by atoms with Crippen LogP contribution in [0.4, 0.5) is 18.0 Å². The number of halogens is 3. The number of rotatable bonds is 8. The zero-order valence-electron chi connectivity index (χ0n) is 21.2. The van der Waals surface area contributed by atoms with Gasteiger partial charge in [0.05, 0.1) is 18.1 Å². The van der Waals surface area contributed by atoms with Crippen molar-refractivity contribution in [3.8, 4) is 11.5 Å². The first kappa shape index (κ1) is 28.0. The molecule has 3 aromatic rings. The fraction of sp³-hybridized carbons (Fsp3) is 0.259. The number of hydrogen-bond donors (Lipinski definition) is 1. The fourth-order valence-electron chi connectivity index (χ4n) is 3.90. The maximum atomic E-state index is 13.3. The molecule has 204 valence electrons. The molecule has 2 aromatic carbocycles. The number of carbonyl (C=O) groups is 2. The molecule has 0 saturated heterocycles. The number of methoxy groups -OCH3 is 1. The van der Waals surface area contributed by atoms with Crippen LogP contribution in [0.3, 0.4) is 0 Å². The summed E-state index contributed by atoms with van der Waals surface area (Å²) in [4.78, 5) is 30.5. The summed E-state index contributed by atoms with van der Waals surface area (Å²) in [5, 5.41) is 7.86. The normalized spacial score (nSPS) is 16.4. The van der Waals surface area contributed by atoms with Crippen LogP contribution in [0.25, 0.3) is 0 Å². The van der Waals surface area contributed by atoms with E-state index in [0.717, 1.165) is 23.4 Å². The van der Waals surface area contributed by atoms with Gasteiger partial charge in [-0.1, -0.05) is 54.6 Å². The summed E-state index contributed by atoms with van der Waals surface area (Å²) in [6, 6.07) is 16.1. The number of aromatic nitrogens is 1. The third-order valence-corrected chi connectivity index (χ3v) is 7.04. The average molecular weight is 559 g/mol. The molecule has 2 unspecified atom stereocenters. The topological polar surface area (TPSA) is 93.1 Å². The van der Waals surface area contributed by atoms with E-state index in [1.807, 2.05) is 26.0 Å². The van der Waals surface area contributed by atoms with Crippen LogP contribution in [0.2, 0.25) is 0 Å². The molecule has 0 spiro atoms. The summed E-state index contributed by atoms with van der Waals surface area (Å²) in [7, 11) is 1.23. The molecule has 12 heteroatoms. The minimum atomic E-state index is -4.89. The van der Waals surface area contributed by atoms with Crippen molar-refractivity contribution < 1.29 is 32.2 Å². The lowest BCUT2D eigenvalue weighted by Gasteiger charge is -2.34. The summed E-state index contributed by atoms with van der Waals surface area (Å²) in [5.41, 5.74) is 2.62. The van der Waals surface area contributed by atoms with Gasteiger partial charge in [-0.15, -0.1) is 13.2 Å². The molecule has 2 heterocycles. The molecule has 8 nitrogen and oxygen atoms in total. The zero-order chi connectivity index (χ0) is 28.2. The van der Waals surface area contributed by atoms with E-state index in [0.29, 0.717) is 23.3 Å². The standard InChI is InChI=1S/C27H25F3N4O4S/c1-4-22-23(18-12-13-20(21(15-18)37-3)38-27(28,29)30)33-34(26(36)39-22)24(17-10-8-16(2)9-11-17)32-25(35)19-7-5-6-14-31-19/h5-15,22,24H,4H2,1-3H3,(H,32,35). The molecule has 1 aromatic heterocycles. The van der Waals surface area contributed by atoms with Gasteiger partial charge in [-0.3, -0.25) is 14.6 Å². The van der Waals surface area contributed by atoms with E-state index < -0.39 is 34.7 Å². The van der Waals surface area contributed by atoms with Gasteiger partial charge < -0.3 is 14.8 Å². The van der Waals surface area contributed by atoms with Crippen LogP contribution in [0.15, 0.2) is 72.0 Å². The van der Waals surface area contributed by atoms with Crippen LogP contribution in [0.5, 0.6) is 11.5 Å². The van der Waals surface area contributed by atoms with E-state index in [4.69, 9.17) is 4.74 Å². The first-order valence-electron chi connectivity index (χ1n) is 11.9. The largest absolute Gasteiger partial charge is 0.573 e. The van der Waals surface area contributed by atoms with Crippen LogP contribution in [0.1, 0.15) is 46.7 Å². The molecule has 1 aliphatic rings. The minimum absolute atomic E-state index is 0.144. The zero-order valence-corrected chi connectivity index (χ0v) is 22.0. The highest BCUT2D eigenvalue weighted by Crippen LogP contribution is 2.37. The van der Waals surface area contributed by atoms with Gasteiger partial charge in [0.2, 0.25) is 0 Å². The molecule has 0 aliphatic carbocycles. The van der Waals surface area contributed by atoms with E-state index in [9.17, 15) is 22.8 Å². The van der Waals surface area contributed by atoms with Gasteiger partial charge in [0, 0.05) is 11.8 Å². The monoisotopic (exact) mass is 558 g/mol. The molecular weight excluding hydrogens is 533 g/mol. The van der Waals surface area contributed by atoms with Crippen molar-refractivity contribution in [3.05, 3.63) is 89.2 Å². The Balaban J connectivity index is 1.77. The molecule has 0 bridgehead atoms. The molecule has 2 amide bonds. The molecule has 0 radical (unpaired) electrons. The predicted octanol–water partition coefficient (Wildman–Crippen LogP) is 6.08. The molecule has 39 heavy (non-hydrogen) atoms. The van der Waals surface area contributed by atoms with Crippen molar-refractivity contribution in [1.29, 1.82) is 0 Å². The highest BCUT2D eigenvalue weighted by molar-refractivity contribution is 8.14. The predicted molar refractivity (Wildman–Crippen MR) is 141 cm³/mol. The third kappa shape index (κ3) is 6.69. The minimum Gasteiger partial charge on any atom is -0.493 e. The smallest absolute Gasteiger partial charge is 0.493 e. The van der Waals surface area contributed by atoms with Crippen molar-refractivity contribution in [2.75, 3.05) is 7.11 Å². The lowest BCUT2D eigenvalue weighted by atomic mass is 10.0. The van der Waals surface area contributed by atoms with E-state index >= 15 is 0 Å². The number of thioether (sulfide) groups is 1. The third-order valence-electron chi connectivity index (χ3n) is 5.81. The van der Waals surface area contributed by atoms with Crippen molar-refractivity contribution in [2.45, 2.75) is 38.0 Å². The quantitative estimate of drug-likeness (QED) is 0.360. The van der Waals surface area contributed by atoms with Gasteiger partial charge in [-0.05, 0) is 49.2 Å². The number of hydrogen-bond acceptors (Lipinski definition) is 7. The number of ether oxygens (including phenoxy) is 2. The summed E-state index contributed by atoms with van der Waals surface area (Å²) in [6.45, 7) is 3.78. The van der Waals surface area contributed by atoms with Crippen molar-refractivity contribution in [3.63, 3.8) is 0 Å². The van der Waals surface area contributed by atoms with Gasteiger partial charge in [0.25, 0.3) is 5.91 Å². The fourth-order valence-corrected chi connectivity index (χ4v) is 4.86. The van der Waals surface area contributed by atoms with E-state index in [2.05, 4.69) is 20.1 Å². The summed E-state index contributed by atoms with van der Waals surface area (Å²) < 4.78 is 47.7. The number of nitrogens with zero attached hydrogens (tertiary/aromatic N) is 3. The van der Waals surface area contributed by atoms with E-state index in [-0.39, 0.29) is 11.4 Å². The number of aryl methyl sites for hydroxylation is 1. The van der Waals surface area contributed by atoms with Crippen LogP contribution in [-0.4, -0.2) is 45.6 Å². The van der Waals surface area contributed by atoms with E-state index in [1.54, 1.807) is 30.3 Å². The van der Waals surface area contributed by atoms with Crippen LogP contribution < -0.4 is 14.8 Å². The Kier molecular flexibility index (Phi) is 8.44. The van der Waals surface area contributed by atoms with Gasteiger partial charge in [0.15, 0.2) is 17.7 Å². The molecule has 0 fully saturated rings. The number of pyridine rings is 1. The molecule has 4 rings (SSSR count). The number of alkyl halides is 3. The molecule has 1 N–H and O–H groups in total. The number of hydrazone groups is 1. The lowest BCUT2D eigenvalue weighted by Crippen LogP contribution is -2.44. The Morgan fingerprint density at radius 2 is 1.87 bits per heavy atom. The van der Waals surface area contributed by atoms with Crippen molar-refractivity contribution in [2.24, 2.45) is 5.10 Å². The SMILES string of the molecule is CCC1SC(=O)N(C(NC(=O)c2ccccn2)c2ccc(C)cc2)N=C1c1ccc(OC(F)(F)F)c(OC)c1. The number of nitrogens with one attached hydrogen (secondary N) is 1. The lowest BCUT2D eigenvalue weighted by molar-refractivity contribution is -0.275. The molecular formula is C27H25F3N4O4S. The van der Waals surface area contributed by atoms with Crippen LogP contribution >= 0.6 is 11.8 Å². The average Bonchev–Trinajstić information content (AvgIpc) is 2.92. The maximum absolute atomic E-state index is 13.3. The highest BCUT2D eigenvalue weighted by Gasteiger charge is 2.37. The van der Waals surface area contributed by atoms with Gasteiger partial charge in [-0.2, -0.15) is 10.1 Å². The second-order valence-electron chi connectivity index (χ2n) is 8.53. The number of amides is 2. The van der Waals surface area contributed by atoms with Crippen molar-refractivity contribution >= 4 is 28.6 Å². The second-order valence-corrected chi connectivity index (χ2v) is 9.68. The Labute approximate surface area is 227 Å². The molecule has 2 atom stereocenters. The summed E-state index contributed by atoms with van der Waals surface area (Å²) >= 11 is 1.01. The Hall–Kier alpha value is -4.06. The van der Waals surface area contributed by atoms with Crippen molar-refractivity contribution in [1.82, 2.24) is 15.3 Å².